The van der Waals surface area contributed by atoms with E-state index in [0.717, 1.165) is 31.5 Å². The highest BCUT2D eigenvalue weighted by atomic mass is 19.2. The summed E-state index contributed by atoms with van der Waals surface area (Å²) in [6, 6.07) is 4.63. The molecule has 19 heavy (non-hydrogen) atoms. The number of rotatable bonds is 3. The highest BCUT2D eigenvalue weighted by Gasteiger charge is 2.17. The number of hydrogen-bond donors (Lipinski definition) is 1. The summed E-state index contributed by atoms with van der Waals surface area (Å²) in [5.74, 6) is -1.56. The van der Waals surface area contributed by atoms with Crippen molar-refractivity contribution in [1.82, 2.24) is 10.2 Å². The number of halogens is 2. The van der Waals surface area contributed by atoms with Crippen LogP contribution >= 0.6 is 0 Å². The Morgan fingerprint density at radius 1 is 1.21 bits per heavy atom. The molecule has 1 fully saturated rings. The summed E-state index contributed by atoms with van der Waals surface area (Å²) in [4.78, 5) is 2.34. The van der Waals surface area contributed by atoms with E-state index in [-0.39, 0.29) is 6.04 Å². The zero-order valence-electron chi connectivity index (χ0n) is 11.6. The maximum absolute atomic E-state index is 13.2. The minimum Gasteiger partial charge on any atom is -0.307 e. The highest BCUT2D eigenvalue weighted by molar-refractivity contribution is 5.20. The zero-order chi connectivity index (χ0) is 13.8. The molecule has 1 aliphatic rings. The van der Waals surface area contributed by atoms with Crippen LogP contribution in [0, 0.1) is 11.6 Å². The molecule has 0 aromatic heterocycles. The van der Waals surface area contributed by atoms with Crippen molar-refractivity contribution in [3.8, 4) is 0 Å². The summed E-state index contributed by atoms with van der Waals surface area (Å²) in [6.45, 7) is 4.22. The molecule has 4 heteroatoms. The van der Waals surface area contributed by atoms with Crippen LogP contribution in [0.1, 0.15) is 37.8 Å². The van der Waals surface area contributed by atoms with Crippen molar-refractivity contribution in [2.75, 3.05) is 20.1 Å². The van der Waals surface area contributed by atoms with Crippen molar-refractivity contribution in [2.24, 2.45) is 0 Å². The third kappa shape index (κ3) is 3.98. The molecule has 1 heterocycles. The van der Waals surface area contributed by atoms with Crippen molar-refractivity contribution in [3.63, 3.8) is 0 Å². The van der Waals surface area contributed by atoms with E-state index in [1.165, 1.54) is 18.6 Å². The second-order valence-corrected chi connectivity index (χ2v) is 5.49. The van der Waals surface area contributed by atoms with Gasteiger partial charge >= 0.3 is 0 Å². The van der Waals surface area contributed by atoms with E-state index in [1.54, 1.807) is 6.07 Å². The highest BCUT2D eigenvalue weighted by Crippen LogP contribution is 2.19. The molecule has 0 saturated carbocycles. The normalized spacial score (nSPS) is 23.1. The van der Waals surface area contributed by atoms with Gasteiger partial charge in [0, 0.05) is 12.1 Å². The van der Waals surface area contributed by atoms with Crippen molar-refractivity contribution in [2.45, 2.75) is 38.3 Å². The Morgan fingerprint density at radius 2 is 2.00 bits per heavy atom. The van der Waals surface area contributed by atoms with Gasteiger partial charge in [0.25, 0.3) is 0 Å². The van der Waals surface area contributed by atoms with E-state index in [2.05, 4.69) is 17.3 Å². The molecular weight excluding hydrogens is 246 g/mol. The van der Waals surface area contributed by atoms with E-state index in [9.17, 15) is 8.78 Å². The van der Waals surface area contributed by atoms with Crippen LogP contribution in [0.5, 0.6) is 0 Å². The van der Waals surface area contributed by atoms with Crippen molar-refractivity contribution < 1.29 is 8.78 Å². The summed E-state index contributed by atoms with van der Waals surface area (Å²) >= 11 is 0. The summed E-state index contributed by atoms with van der Waals surface area (Å²) in [7, 11) is 2.14. The molecule has 0 amide bonds. The fourth-order valence-corrected chi connectivity index (χ4v) is 2.64. The molecular formula is C15H22F2N2. The molecule has 0 radical (unpaired) electrons. The van der Waals surface area contributed by atoms with Crippen LogP contribution in [0.2, 0.25) is 0 Å². The Balaban J connectivity index is 1.96. The van der Waals surface area contributed by atoms with Gasteiger partial charge in [-0.15, -0.1) is 0 Å². The van der Waals surface area contributed by atoms with Crippen LogP contribution in [0.4, 0.5) is 8.78 Å². The van der Waals surface area contributed by atoms with Crippen LogP contribution < -0.4 is 5.32 Å². The standard InChI is InChI=1S/C15H22F2N2/c1-11(12-5-6-14(16)15(17)10-12)18-13-4-3-8-19(2)9-7-13/h5-6,10-11,13,18H,3-4,7-9H2,1-2H3. The number of likely N-dealkylation sites (tertiary alicyclic amines) is 1. The topological polar surface area (TPSA) is 15.3 Å². The van der Waals surface area contributed by atoms with Crippen molar-refractivity contribution in [3.05, 3.63) is 35.4 Å². The SMILES string of the molecule is CC(NC1CCCN(C)CC1)c1ccc(F)c(F)c1. The predicted molar refractivity (Wildman–Crippen MR) is 73.0 cm³/mol. The molecule has 2 nitrogen and oxygen atoms in total. The summed E-state index contributed by atoms with van der Waals surface area (Å²) in [6.07, 6.45) is 3.42. The summed E-state index contributed by atoms with van der Waals surface area (Å²) in [5, 5.41) is 3.53. The van der Waals surface area contributed by atoms with Gasteiger partial charge in [-0.2, -0.15) is 0 Å². The first-order valence-electron chi connectivity index (χ1n) is 6.96. The molecule has 1 aliphatic heterocycles. The average molecular weight is 268 g/mol. The van der Waals surface area contributed by atoms with Crippen LogP contribution in [-0.2, 0) is 0 Å². The van der Waals surface area contributed by atoms with Crippen LogP contribution in [-0.4, -0.2) is 31.1 Å². The van der Waals surface area contributed by atoms with Gasteiger partial charge in [-0.3, -0.25) is 0 Å². The molecule has 1 N–H and O–H groups in total. The first-order valence-corrected chi connectivity index (χ1v) is 6.96. The van der Waals surface area contributed by atoms with Crippen LogP contribution in [0.25, 0.3) is 0 Å². The van der Waals surface area contributed by atoms with Crippen LogP contribution in [0.3, 0.4) is 0 Å². The third-order valence-electron chi connectivity index (χ3n) is 3.88. The Kier molecular flexibility index (Phi) is 4.88. The lowest BCUT2D eigenvalue weighted by Crippen LogP contribution is -2.32. The van der Waals surface area contributed by atoms with Crippen LogP contribution in [0.15, 0.2) is 18.2 Å². The number of benzene rings is 1. The predicted octanol–water partition coefficient (Wildman–Crippen LogP) is 3.10. The molecule has 2 atom stereocenters. The molecule has 106 valence electrons. The largest absolute Gasteiger partial charge is 0.307 e. The molecule has 1 aromatic carbocycles. The molecule has 0 bridgehead atoms. The molecule has 1 saturated heterocycles. The number of nitrogens with one attached hydrogen (secondary N) is 1. The lowest BCUT2D eigenvalue weighted by atomic mass is 10.0. The van der Waals surface area contributed by atoms with Crippen molar-refractivity contribution >= 4 is 0 Å². The van der Waals surface area contributed by atoms with Gasteiger partial charge in [0.1, 0.15) is 0 Å². The molecule has 0 aliphatic carbocycles. The lowest BCUT2D eigenvalue weighted by molar-refractivity contribution is 0.340. The smallest absolute Gasteiger partial charge is 0.159 e. The van der Waals surface area contributed by atoms with Gasteiger partial charge in [0.2, 0.25) is 0 Å². The fraction of sp³-hybridized carbons (Fsp3) is 0.600. The molecule has 0 spiro atoms. The maximum Gasteiger partial charge on any atom is 0.159 e. The maximum atomic E-state index is 13.2. The van der Waals surface area contributed by atoms with E-state index in [1.807, 2.05) is 6.92 Å². The first-order chi connectivity index (χ1) is 9.06. The second-order valence-electron chi connectivity index (χ2n) is 5.49. The van der Waals surface area contributed by atoms with Gasteiger partial charge in [-0.25, -0.2) is 8.78 Å². The van der Waals surface area contributed by atoms with E-state index < -0.39 is 11.6 Å². The van der Waals surface area contributed by atoms with Crippen molar-refractivity contribution in [1.29, 1.82) is 0 Å². The van der Waals surface area contributed by atoms with Gasteiger partial charge in [0.15, 0.2) is 11.6 Å². The Bertz CT molecular complexity index is 423. The zero-order valence-corrected chi connectivity index (χ0v) is 11.6. The van der Waals surface area contributed by atoms with E-state index >= 15 is 0 Å². The first kappa shape index (κ1) is 14.4. The third-order valence-corrected chi connectivity index (χ3v) is 3.88. The quantitative estimate of drug-likeness (QED) is 0.906. The monoisotopic (exact) mass is 268 g/mol. The summed E-state index contributed by atoms with van der Waals surface area (Å²) in [5.41, 5.74) is 0.802. The van der Waals surface area contributed by atoms with Gasteiger partial charge in [-0.1, -0.05) is 6.07 Å². The Labute approximate surface area is 113 Å². The Hall–Kier alpha value is -1.00. The number of nitrogens with zero attached hydrogens (tertiary/aromatic N) is 1. The summed E-state index contributed by atoms with van der Waals surface area (Å²) < 4.78 is 26.1. The second kappa shape index (κ2) is 6.44. The van der Waals surface area contributed by atoms with E-state index in [0.29, 0.717) is 6.04 Å². The minimum atomic E-state index is -0.785. The minimum absolute atomic E-state index is 0.0449. The fourth-order valence-electron chi connectivity index (χ4n) is 2.64. The molecule has 2 rings (SSSR count). The lowest BCUT2D eigenvalue weighted by Gasteiger charge is -2.22. The molecule has 1 aromatic rings. The van der Waals surface area contributed by atoms with Gasteiger partial charge in [0.05, 0.1) is 0 Å². The average Bonchev–Trinajstić information content (AvgIpc) is 2.58. The van der Waals surface area contributed by atoms with E-state index in [4.69, 9.17) is 0 Å². The van der Waals surface area contributed by atoms with Gasteiger partial charge < -0.3 is 10.2 Å². The van der Waals surface area contributed by atoms with Gasteiger partial charge in [-0.05, 0) is 64.0 Å². The number of hydrogen-bond acceptors (Lipinski definition) is 2. The Morgan fingerprint density at radius 3 is 2.74 bits per heavy atom. The molecule has 2 unspecified atom stereocenters.